The highest BCUT2D eigenvalue weighted by Gasteiger charge is 2.50. The Labute approximate surface area is 125 Å². The molecule has 0 spiro atoms. The molecule has 3 rings (SSSR count). The predicted octanol–water partition coefficient (Wildman–Crippen LogP) is 2.43. The van der Waals surface area contributed by atoms with Crippen molar-refractivity contribution < 1.29 is 9.90 Å². The third-order valence-corrected chi connectivity index (χ3v) is 5.33. The molecule has 1 aromatic carbocycles. The highest BCUT2D eigenvalue weighted by Crippen LogP contribution is 2.48. The molecule has 2 aliphatic carbocycles. The number of carbonyl (C=O) groups is 1. The molecule has 3 N–H and O–H groups in total. The van der Waals surface area contributed by atoms with Gasteiger partial charge in [-0.1, -0.05) is 6.07 Å². The topological polar surface area (TPSA) is 66.6 Å². The second-order valence-electron chi connectivity index (χ2n) is 6.49. The molecule has 2 fully saturated rings. The molecule has 114 valence electrons. The van der Waals surface area contributed by atoms with Crippen LogP contribution in [0.3, 0.4) is 0 Å². The number of aromatic hydroxyl groups is 1. The maximum atomic E-state index is 13.0. The molecule has 0 aromatic heterocycles. The Bertz CT molecular complexity index is 556. The van der Waals surface area contributed by atoms with Crippen LogP contribution in [-0.4, -0.2) is 23.6 Å². The molecule has 1 aromatic rings. The van der Waals surface area contributed by atoms with Gasteiger partial charge in [-0.3, -0.25) is 4.79 Å². The van der Waals surface area contributed by atoms with E-state index in [1.54, 1.807) is 17.0 Å². The van der Waals surface area contributed by atoms with Crippen molar-refractivity contribution in [3.63, 3.8) is 0 Å². The number of fused-ring (bicyclic) bond motifs is 2. The van der Waals surface area contributed by atoms with Gasteiger partial charge in [0.25, 0.3) is 0 Å². The fraction of sp³-hybridized carbons (Fsp3) is 0.588. The summed E-state index contributed by atoms with van der Waals surface area (Å²) in [6, 6.07) is 5.18. The van der Waals surface area contributed by atoms with Crippen molar-refractivity contribution in [1.29, 1.82) is 0 Å². The van der Waals surface area contributed by atoms with Crippen LogP contribution in [0.5, 0.6) is 5.75 Å². The molecule has 21 heavy (non-hydrogen) atoms. The summed E-state index contributed by atoms with van der Waals surface area (Å²) in [5, 5.41) is 9.72. The Hall–Kier alpha value is -1.55. The molecule has 2 aliphatic rings. The molecule has 4 atom stereocenters. The van der Waals surface area contributed by atoms with Crippen LogP contribution in [0.15, 0.2) is 18.2 Å². The van der Waals surface area contributed by atoms with Crippen molar-refractivity contribution in [3.8, 4) is 5.75 Å². The van der Waals surface area contributed by atoms with E-state index >= 15 is 0 Å². The molecule has 1 amide bonds. The number of anilines is 1. The molecule has 0 radical (unpaired) electrons. The van der Waals surface area contributed by atoms with E-state index in [-0.39, 0.29) is 23.6 Å². The second-order valence-corrected chi connectivity index (χ2v) is 6.49. The quantitative estimate of drug-likeness (QED) is 0.897. The van der Waals surface area contributed by atoms with Gasteiger partial charge in [0, 0.05) is 18.7 Å². The summed E-state index contributed by atoms with van der Waals surface area (Å²) >= 11 is 0. The van der Waals surface area contributed by atoms with Gasteiger partial charge in [-0.25, -0.2) is 0 Å². The number of nitrogens with zero attached hydrogens (tertiary/aromatic N) is 1. The summed E-state index contributed by atoms with van der Waals surface area (Å²) in [6.07, 6.45) is 3.41. The van der Waals surface area contributed by atoms with Crippen molar-refractivity contribution in [1.82, 2.24) is 0 Å². The van der Waals surface area contributed by atoms with E-state index in [0.29, 0.717) is 18.4 Å². The number of phenols is 1. The first-order valence-electron chi connectivity index (χ1n) is 7.89. The first kappa shape index (κ1) is 14.4. The van der Waals surface area contributed by atoms with E-state index in [2.05, 4.69) is 0 Å². The summed E-state index contributed by atoms with van der Waals surface area (Å²) in [5.41, 5.74) is 8.11. The number of phenolic OH excluding ortho intramolecular Hbond substituents is 1. The lowest BCUT2D eigenvalue weighted by atomic mass is 9.84. The zero-order valence-corrected chi connectivity index (χ0v) is 12.7. The minimum absolute atomic E-state index is 0.00270. The van der Waals surface area contributed by atoms with E-state index in [9.17, 15) is 9.90 Å². The van der Waals surface area contributed by atoms with Gasteiger partial charge in [-0.15, -0.1) is 0 Å². The van der Waals surface area contributed by atoms with E-state index in [0.717, 1.165) is 24.1 Å². The van der Waals surface area contributed by atoms with E-state index in [1.165, 1.54) is 6.42 Å². The molecule has 2 bridgehead atoms. The van der Waals surface area contributed by atoms with E-state index < -0.39 is 0 Å². The zero-order chi connectivity index (χ0) is 15.1. The smallest absolute Gasteiger partial charge is 0.231 e. The minimum Gasteiger partial charge on any atom is -0.508 e. The van der Waals surface area contributed by atoms with Crippen molar-refractivity contribution in [2.75, 3.05) is 11.4 Å². The third kappa shape index (κ3) is 2.31. The average molecular weight is 288 g/mol. The number of benzene rings is 1. The predicted molar refractivity (Wildman–Crippen MR) is 83.2 cm³/mol. The summed E-state index contributed by atoms with van der Waals surface area (Å²) in [5.74, 6) is 1.24. The standard InChI is InChI=1S/C17H24N2O2/c1-3-19(14-9-13(20)7-4-10(14)2)17(21)15-11-5-6-12(8-11)16(15)18/h4,7,9,11-12,15-16,20H,3,5-6,8,18H2,1-2H3. The Kier molecular flexibility index (Phi) is 3.66. The van der Waals surface area contributed by atoms with Crippen LogP contribution in [0.4, 0.5) is 5.69 Å². The first-order valence-corrected chi connectivity index (χ1v) is 7.89. The Balaban J connectivity index is 1.89. The summed E-state index contributed by atoms with van der Waals surface area (Å²) in [7, 11) is 0. The molecule has 4 nitrogen and oxygen atoms in total. The van der Waals surface area contributed by atoms with Crippen LogP contribution < -0.4 is 10.6 Å². The fourth-order valence-electron chi connectivity index (χ4n) is 4.22. The molecular formula is C17H24N2O2. The number of nitrogens with two attached hydrogens (primary N) is 1. The van der Waals surface area contributed by atoms with Gasteiger partial charge in [0.1, 0.15) is 5.75 Å². The average Bonchev–Trinajstić information content (AvgIpc) is 3.04. The second kappa shape index (κ2) is 5.34. The molecule has 0 aliphatic heterocycles. The molecule has 2 saturated carbocycles. The number of carbonyl (C=O) groups excluding carboxylic acids is 1. The van der Waals surface area contributed by atoms with Crippen molar-refractivity contribution in [2.45, 2.75) is 39.2 Å². The summed E-state index contributed by atoms with van der Waals surface area (Å²) in [6.45, 7) is 4.54. The van der Waals surface area contributed by atoms with Gasteiger partial charge in [-0.05, 0) is 56.6 Å². The number of hydrogen-bond donors (Lipinski definition) is 2. The number of amides is 1. The van der Waals surface area contributed by atoms with Crippen LogP contribution in [0, 0.1) is 24.7 Å². The van der Waals surface area contributed by atoms with Gasteiger partial charge in [0.05, 0.1) is 11.6 Å². The molecule has 0 heterocycles. The first-order chi connectivity index (χ1) is 10.0. The van der Waals surface area contributed by atoms with Crippen LogP contribution in [0.25, 0.3) is 0 Å². The van der Waals surface area contributed by atoms with Crippen LogP contribution in [0.2, 0.25) is 0 Å². The third-order valence-electron chi connectivity index (χ3n) is 5.33. The fourth-order valence-corrected chi connectivity index (χ4v) is 4.22. The van der Waals surface area contributed by atoms with Gasteiger partial charge < -0.3 is 15.7 Å². The van der Waals surface area contributed by atoms with Gasteiger partial charge in [-0.2, -0.15) is 0 Å². The Morgan fingerprint density at radius 2 is 2.10 bits per heavy atom. The van der Waals surface area contributed by atoms with Crippen LogP contribution >= 0.6 is 0 Å². The van der Waals surface area contributed by atoms with Gasteiger partial charge in [0.15, 0.2) is 0 Å². The number of aryl methyl sites for hydroxylation is 1. The molecular weight excluding hydrogens is 264 g/mol. The normalized spacial score (nSPS) is 30.6. The largest absolute Gasteiger partial charge is 0.508 e. The van der Waals surface area contributed by atoms with E-state index in [1.807, 2.05) is 19.9 Å². The van der Waals surface area contributed by atoms with Crippen LogP contribution in [0.1, 0.15) is 31.7 Å². The molecule has 4 unspecified atom stereocenters. The van der Waals surface area contributed by atoms with E-state index in [4.69, 9.17) is 5.73 Å². The summed E-state index contributed by atoms with van der Waals surface area (Å²) < 4.78 is 0. The lowest BCUT2D eigenvalue weighted by Gasteiger charge is -2.33. The highest BCUT2D eigenvalue weighted by molar-refractivity contribution is 5.96. The number of hydrogen-bond acceptors (Lipinski definition) is 3. The molecule has 4 heteroatoms. The Morgan fingerprint density at radius 3 is 2.71 bits per heavy atom. The zero-order valence-electron chi connectivity index (χ0n) is 12.7. The SMILES string of the molecule is CCN(C(=O)C1C2CCC(C2)C1N)c1cc(O)ccc1C. The van der Waals surface area contributed by atoms with Gasteiger partial charge in [0.2, 0.25) is 5.91 Å². The highest BCUT2D eigenvalue weighted by atomic mass is 16.3. The van der Waals surface area contributed by atoms with Gasteiger partial charge >= 0.3 is 0 Å². The molecule has 0 saturated heterocycles. The van der Waals surface area contributed by atoms with Crippen molar-refractivity contribution in [3.05, 3.63) is 23.8 Å². The monoisotopic (exact) mass is 288 g/mol. The summed E-state index contributed by atoms with van der Waals surface area (Å²) in [4.78, 5) is 14.8. The minimum atomic E-state index is -0.0505. The lowest BCUT2D eigenvalue weighted by molar-refractivity contribution is -0.124. The number of rotatable bonds is 3. The van der Waals surface area contributed by atoms with Crippen molar-refractivity contribution >= 4 is 11.6 Å². The van der Waals surface area contributed by atoms with Crippen LogP contribution in [-0.2, 0) is 4.79 Å². The lowest BCUT2D eigenvalue weighted by Crippen LogP contribution is -2.47. The Morgan fingerprint density at radius 1 is 1.38 bits per heavy atom. The maximum absolute atomic E-state index is 13.0. The van der Waals surface area contributed by atoms with Crippen molar-refractivity contribution in [2.24, 2.45) is 23.5 Å². The maximum Gasteiger partial charge on any atom is 0.231 e.